The number of fused-ring (bicyclic) bond motifs is 1. The fraction of sp³-hybridized carbons (Fsp3) is 0.125. The molecule has 0 aromatic heterocycles. The molecule has 1 aliphatic rings. The second kappa shape index (κ2) is 5.65. The molecule has 1 N–H and O–H groups in total. The lowest BCUT2D eigenvalue weighted by Gasteiger charge is -2.02. The van der Waals surface area contributed by atoms with Crippen LogP contribution >= 0.6 is 23.2 Å². The topological polar surface area (TPSA) is 20.2 Å². The molecule has 1 nitrogen and oxygen atoms in total. The monoisotopic (exact) mass is 302 g/mol. The van der Waals surface area contributed by atoms with Crippen molar-refractivity contribution in [2.24, 2.45) is 0 Å². The molecule has 3 rings (SSSR count). The summed E-state index contributed by atoms with van der Waals surface area (Å²) in [6, 6.07) is 11.8. The normalized spacial score (nSPS) is 14.1. The Kier molecular flexibility index (Phi) is 3.88. The molecular formula is C16H13BCl2O. The summed E-state index contributed by atoms with van der Waals surface area (Å²) in [7, 11) is 0. The molecule has 2 aromatic rings. The van der Waals surface area contributed by atoms with Crippen LogP contribution in [0.1, 0.15) is 16.7 Å². The third-order valence-corrected chi connectivity index (χ3v) is 4.36. The first kappa shape index (κ1) is 13.8. The summed E-state index contributed by atoms with van der Waals surface area (Å²) in [5.41, 5.74) is 4.45. The molecule has 0 fully saturated rings. The van der Waals surface area contributed by atoms with E-state index >= 15 is 0 Å². The molecule has 1 heterocycles. The van der Waals surface area contributed by atoms with E-state index in [2.05, 4.69) is 6.07 Å². The third-order valence-electron chi connectivity index (χ3n) is 3.63. The predicted octanol–water partition coefficient (Wildman–Crippen LogP) is 3.91. The molecule has 2 aromatic carbocycles. The molecule has 4 heteroatoms. The molecule has 1 aliphatic heterocycles. The van der Waals surface area contributed by atoms with Crippen LogP contribution in [0.25, 0.3) is 12.2 Å². The van der Waals surface area contributed by atoms with E-state index in [0.29, 0.717) is 10.0 Å². The van der Waals surface area contributed by atoms with Crippen molar-refractivity contribution in [3.8, 4) is 0 Å². The summed E-state index contributed by atoms with van der Waals surface area (Å²) >= 11 is 11.9. The molecule has 0 unspecified atom stereocenters. The van der Waals surface area contributed by atoms with Crippen molar-refractivity contribution < 1.29 is 5.02 Å². The van der Waals surface area contributed by atoms with Crippen LogP contribution in [0.15, 0.2) is 36.4 Å². The molecule has 0 amide bonds. The average Bonchev–Trinajstić information content (AvgIpc) is 2.81. The predicted molar refractivity (Wildman–Crippen MR) is 87.9 cm³/mol. The standard InChI is InChI=1S/C16H13BCl2O/c18-15-6-4-12(10-16(15)19)2-1-11-3-5-14-13(9-11)7-8-17(14)20/h1-6,9-10,20H,7-8H2/b2-1+. The number of aryl methyl sites for hydroxylation is 1. The van der Waals surface area contributed by atoms with Gasteiger partial charge < -0.3 is 5.02 Å². The number of hydrogen-bond acceptors (Lipinski definition) is 1. The third kappa shape index (κ3) is 2.78. The SMILES string of the molecule is OB1CCc2cc(/C=C/c3ccc(Cl)c(Cl)c3)ccc21. The Morgan fingerprint density at radius 1 is 0.950 bits per heavy atom. The van der Waals surface area contributed by atoms with Gasteiger partial charge >= 0.3 is 6.92 Å². The molecular weight excluding hydrogens is 290 g/mol. The molecule has 20 heavy (non-hydrogen) atoms. The fourth-order valence-corrected chi connectivity index (χ4v) is 2.83. The van der Waals surface area contributed by atoms with Gasteiger partial charge in [0.2, 0.25) is 0 Å². The van der Waals surface area contributed by atoms with Gasteiger partial charge in [-0.1, -0.05) is 65.2 Å². The van der Waals surface area contributed by atoms with Crippen LogP contribution in [0.2, 0.25) is 16.4 Å². The van der Waals surface area contributed by atoms with Gasteiger partial charge in [-0.05, 0) is 41.5 Å². The average molecular weight is 303 g/mol. The number of benzene rings is 2. The lowest BCUT2D eigenvalue weighted by molar-refractivity contribution is 0.587. The Labute approximate surface area is 129 Å². The Morgan fingerprint density at radius 3 is 2.40 bits per heavy atom. The highest BCUT2D eigenvalue weighted by atomic mass is 35.5. The first-order chi connectivity index (χ1) is 9.63. The summed E-state index contributed by atoms with van der Waals surface area (Å²) in [6.07, 6.45) is 5.83. The number of halogens is 2. The second-order valence-electron chi connectivity index (χ2n) is 5.02. The maximum atomic E-state index is 9.79. The number of hydrogen-bond donors (Lipinski definition) is 1. The second-order valence-corrected chi connectivity index (χ2v) is 5.83. The zero-order chi connectivity index (χ0) is 14.1. The highest BCUT2D eigenvalue weighted by Gasteiger charge is 2.24. The van der Waals surface area contributed by atoms with Gasteiger partial charge in [0.15, 0.2) is 0 Å². The van der Waals surface area contributed by atoms with E-state index in [4.69, 9.17) is 23.2 Å². The summed E-state index contributed by atoms with van der Waals surface area (Å²) in [5, 5.41) is 10.9. The van der Waals surface area contributed by atoms with Crippen LogP contribution in [0, 0.1) is 0 Å². The highest BCUT2D eigenvalue weighted by molar-refractivity contribution is 6.68. The van der Waals surface area contributed by atoms with E-state index in [1.807, 2.05) is 36.4 Å². The molecule has 100 valence electrons. The van der Waals surface area contributed by atoms with Crippen molar-refractivity contribution >= 4 is 47.7 Å². The molecule has 0 radical (unpaired) electrons. The first-order valence-corrected chi connectivity index (χ1v) is 7.33. The maximum absolute atomic E-state index is 9.79. The lowest BCUT2D eigenvalue weighted by atomic mass is 9.63. The quantitative estimate of drug-likeness (QED) is 0.659. The van der Waals surface area contributed by atoms with E-state index in [0.717, 1.165) is 29.3 Å². The van der Waals surface area contributed by atoms with Crippen LogP contribution in [-0.4, -0.2) is 11.9 Å². The van der Waals surface area contributed by atoms with Crippen molar-refractivity contribution in [1.82, 2.24) is 0 Å². The molecule has 0 spiro atoms. The van der Waals surface area contributed by atoms with Gasteiger partial charge in [0.1, 0.15) is 0 Å². The van der Waals surface area contributed by atoms with Crippen LogP contribution < -0.4 is 5.46 Å². The van der Waals surface area contributed by atoms with Crippen molar-refractivity contribution in [1.29, 1.82) is 0 Å². The van der Waals surface area contributed by atoms with Gasteiger partial charge in [-0.25, -0.2) is 0 Å². The fourth-order valence-electron chi connectivity index (χ4n) is 2.53. The van der Waals surface area contributed by atoms with Crippen molar-refractivity contribution in [2.75, 3.05) is 0 Å². The van der Waals surface area contributed by atoms with Gasteiger partial charge in [-0.2, -0.15) is 0 Å². The van der Waals surface area contributed by atoms with Gasteiger partial charge in [-0.3, -0.25) is 0 Å². The summed E-state index contributed by atoms with van der Waals surface area (Å²) in [6.45, 7) is -0.293. The molecule has 0 saturated heterocycles. The van der Waals surface area contributed by atoms with Gasteiger partial charge in [0.25, 0.3) is 0 Å². The maximum Gasteiger partial charge on any atom is 0.324 e. The highest BCUT2D eigenvalue weighted by Crippen LogP contribution is 2.24. The Morgan fingerprint density at radius 2 is 1.65 bits per heavy atom. The minimum atomic E-state index is -0.293. The van der Waals surface area contributed by atoms with E-state index in [1.165, 1.54) is 5.56 Å². The number of rotatable bonds is 2. The zero-order valence-electron chi connectivity index (χ0n) is 10.8. The minimum Gasteiger partial charge on any atom is -0.446 e. The largest absolute Gasteiger partial charge is 0.446 e. The summed E-state index contributed by atoms with van der Waals surface area (Å²) in [5.74, 6) is 0. The van der Waals surface area contributed by atoms with E-state index in [-0.39, 0.29) is 6.92 Å². The minimum absolute atomic E-state index is 0.293. The summed E-state index contributed by atoms with van der Waals surface area (Å²) in [4.78, 5) is 0. The van der Waals surface area contributed by atoms with Crippen LogP contribution in [0.5, 0.6) is 0 Å². The zero-order valence-corrected chi connectivity index (χ0v) is 12.3. The Bertz CT molecular complexity index is 682. The molecule has 0 saturated carbocycles. The van der Waals surface area contributed by atoms with Crippen molar-refractivity contribution in [3.63, 3.8) is 0 Å². The van der Waals surface area contributed by atoms with Crippen LogP contribution in [0.4, 0.5) is 0 Å². The van der Waals surface area contributed by atoms with E-state index in [9.17, 15) is 5.02 Å². The molecule has 0 bridgehead atoms. The van der Waals surface area contributed by atoms with Crippen molar-refractivity contribution in [2.45, 2.75) is 12.7 Å². The van der Waals surface area contributed by atoms with Crippen LogP contribution in [0.3, 0.4) is 0 Å². The van der Waals surface area contributed by atoms with Gasteiger partial charge in [0.05, 0.1) is 10.0 Å². The molecule has 0 aliphatic carbocycles. The first-order valence-electron chi connectivity index (χ1n) is 6.57. The Balaban J connectivity index is 1.84. The van der Waals surface area contributed by atoms with E-state index < -0.39 is 0 Å². The van der Waals surface area contributed by atoms with E-state index in [1.54, 1.807) is 6.07 Å². The lowest BCUT2D eigenvalue weighted by Crippen LogP contribution is -2.25. The smallest absolute Gasteiger partial charge is 0.324 e. The van der Waals surface area contributed by atoms with Gasteiger partial charge in [0, 0.05) is 0 Å². The molecule has 0 atom stereocenters. The summed E-state index contributed by atoms with van der Waals surface area (Å²) < 4.78 is 0. The van der Waals surface area contributed by atoms with Crippen LogP contribution in [-0.2, 0) is 6.42 Å². The Hall–Kier alpha value is -1.22. The van der Waals surface area contributed by atoms with Gasteiger partial charge in [-0.15, -0.1) is 0 Å². The van der Waals surface area contributed by atoms with Crippen molar-refractivity contribution in [3.05, 3.63) is 63.1 Å².